The molecule has 0 aliphatic carbocycles. The van der Waals surface area contributed by atoms with Crippen LogP contribution in [0.1, 0.15) is 194 Å². The first kappa shape index (κ1) is 44.4. The lowest BCUT2D eigenvalue weighted by atomic mass is 9.98. The second-order valence-corrected chi connectivity index (χ2v) is 15.8. The highest BCUT2D eigenvalue weighted by atomic mass is 16.8. The number of likely N-dealkylation sites (tertiary alicyclic amines) is 1. The van der Waals surface area contributed by atoms with Gasteiger partial charge in [-0.2, -0.15) is 0 Å². The Hall–Kier alpha value is -1.95. The molecule has 0 unspecified atom stereocenters. The molecule has 5 nitrogen and oxygen atoms in total. The van der Waals surface area contributed by atoms with Gasteiger partial charge in [0.05, 0.1) is 18.5 Å². The molecule has 2 aliphatic rings. The number of rotatable bonds is 33. The molecule has 5 heteroatoms. The summed E-state index contributed by atoms with van der Waals surface area (Å²) in [6, 6.07) is 0. The molecule has 1 N–H and O–H groups in total. The molecule has 2 aliphatic heterocycles. The van der Waals surface area contributed by atoms with E-state index < -0.39 is 0 Å². The number of hydrogen-bond acceptors (Lipinski definition) is 4. The van der Waals surface area contributed by atoms with Gasteiger partial charge in [-0.3, -0.25) is 0 Å². The number of H-pyrrole nitrogens is 1. The number of allylic oxidation sites excluding steroid dienone is 8. The molecular formula is C47H83N3O2. The molecule has 0 amide bonds. The van der Waals surface area contributed by atoms with Crippen molar-refractivity contribution in [2.24, 2.45) is 0 Å². The van der Waals surface area contributed by atoms with E-state index in [0.29, 0.717) is 0 Å². The molecule has 0 saturated carbocycles. The van der Waals surface area contributed by atoms with Gasteiger partial charge in [0.1, 0.15) is 0 Å². The Morgan fingerprint density at radius 2 is 1.13 bits per heavy atom. The summed E-state index contributed by atoms with van der Waals surface area (Å²) in [5.74, 6) is -0.362. The number of fused-ring (bicyclic) bond motifs is 1. The van der Waals surface area contributed by atoms with E-state index >= 15 is 0 Å². The van der Waals surface area contributed by atoms with E-state index in [-0.39, 0.29) is 19.4 Å². The van der Waals surface area contributed by atoms with E-state index in [1.165, 1.54) is 147 Å². The number of unbranched alkanes of at least 4 members (excludes halogenated alkanes) is 18. The van der Waals surface area contributed by atoms with Crippen LogP contribution in [0.2, 0.25) is 0 Å². The molecule has 1 aromatic rings. The van der Waals surface area contributed by atoms with Gasteiger partial charge in [0.2, 0.25) is 0 Å². The molecule has 2 fully saturated rings. The van der Waals surface area contributed by atoms with Crippen molar-refractivity contribution in [3.8, 4) is 0 Å². The zero-order valence-electron chi connectivity index (χ0n) is 34.1. The van der Waals surface area contributed by atoms with Gasteiger partial charge in [0.25, 0.3) is 0 Å². The van der Waals surface area contributed by atoms with Crippen molar-refractivity contribution in [3.05, 3.63) is 66.8 Å². The number of nitrogens with zero attached hydrogens (tertiary/aromatic N) is 2. The van der Waals surface area contributed by atoms with Crippen molar-refractivity contribution >= 4 is 0 Å². The molecule has 2 saturated heterocycles. The highest BCUT2D eigenvalue weighted by molar-refractivity contribution is 4.97. The van der Waals surface area contributed by atoms with Crippen LogP contribution in [-0.4, -0.2) is 52.5 Å². The van der Waals surface area contributed by atoms with E-state index in [1.807, 2.05) is 6.20 Å². The number of hydrogen-bond donors (Lipinski definition) is 1. The molecule has 3 rings (SSSR count). The van der Waals surface area contributed by atoms with Crippen molar-refractivity contribution in [3.63, 3.8) is 0 Å². The number of nitrogens with one attached hydrogen (secondary N) is 1. The van der Waals surface area contributed by atoms with Crippen LogP contribution in [0.25, 0.3) is 0 Å². The highest BCUT2D eigenvalue weighted by Gasteiger charge is 2.48. The minimum atomic E-state index is -0.362. The highest BCUT2D eigenvalue weighted by Crippen LogP contribution is 2.40. The summed E-state index contributed by atoms with van der Waals surface area (Å²) >= 11 is 0. The summed E-state index contributed by atoms with van der Waals surface area (Å²) < 4.78 is 13.9. The Bertz CT molecular complexity index is 1020. The Morgan fingerprint density at radius 1 is 0.654 bits per heavy atom. The number of aromatic amines is 1. The summed E-state index contributed by atoms with van der Waals surface area (Å²) in [5, 5.41) is 0. The lowest BCUT2D eigenvalue weighted by Crippen LogP contribution is -2.45. The van der Waals surface area contributed by atoms with Crippen LogP contribution in [0, 0.1) is 0 Å². The van der Waals surface area contributed by atoms with Crippen LogP contribution >= 0.6 is 0 Å². The van der Waals surface area contributed by atoms with Crippen LogP contribution < -0.4 is 0 Å². The largest absolute Gasteiger partial charge is 0.348 e. The average molecular weight is 722 g/mol. The Labute approximate surface area is 323 Å². The maximum atomic E-state index is 6.96. The van der Waals surface area contributed by atoms with Gasteiger partial charge in [0.15, 0.2) is 5.79 Å². The molecule has 2 atom stereocenters. The molecule has 298 valence electrons. The first-order chi connectivity index (χ1) is 25.7. The van der Waals surface area contributed by atoms with Crippen LogP contribution in [0.4, 0.5) is 0 Å². The Morgan fingerprint density at radius 3 is 1.63 bits per heavy atom. The van der Waals surface area contributed by atoms with Crippen LogP contribution in [0.5, 0.6) is 0 Å². The van der Waals surface area contributed by atoms with Crippen LogP contribution in [0.15, 0.2) is 61.1 Å². The van der Waals surface area contributed by atoms with E-state index in [1.54, 1.807) is 6.33 Å². The van der Waals surface area contributed by atoms with Crippen LogP contribution in [-0.2, 0) is 15.9 Å². The summed E-state index contributed by atoms with van der Waals surface area (Å²) in [5.41, 5.74) is 1.22. The first-order valence-electron chi connectivity index (χ1n) is 22.4. The molecule has 0 spiro atoms. The second-order valence-electron chi connectivity index (χ2n) is 15.8. The maximum absolute atomic E-state index is 6.96. The fourth-order valence-corrected chi connectivity index (χ4v) is 7.82. The Kier molecular flexibility index (Phi) is 26.0. The topological polar surface area (TPSA) is 50.4 Å². The van der Waals surface area contributed by atoms with E-state index in [0.717, 1.165) is 58.2 Å². The summed E-state index contributed by atoms with van der Waals surface area (Å²) in [6.45, 7) is 7.69. The summed E-state index contributed by atoms with van der Waals surface area (Å²) in [4.78, 5) is 10.0. The lowest BCUT2D eigenvalue weighted by molar-refractivity contribution is -0.185. The first-order valence-corrected chi connectivity index (χ1v) is 22.4. The standard InChI is InChI=1S/C47H81N3O2.H2/c1-3-5-7-9-11-13-15-17-19-21-23-25-27-29-31-33-37-47(38-34-32-30-28-26-24-22-20-18-16-14-12-10-8-6-4-2)51-45-36-40-50(42-46(45)52-47)39-35-44-41-48-43-49-44;/h11-14,17-20,41,43,45-46H,3-10,15-16,21-40,42H2,1-2H3,(H,48,49);1H/b13-11-,14-12-,19-17-,20-18-;/t45-,46+;/m0./s1. The quantitative estimate of drug-likeness (QED) is 0.0580. The van der Waals surface area contributed by atoms with Gasteiger partial charge in [-0.1, -0.05) is 140 Å². The minimum Gasteiger partial charge on any atom is -0.348 e. The number of imidazole rings is 1. The van der Waals surface area contributed by atoms with Crippen molar-refractivity contribution in [2.75, 3.05) is 19.6 Å². The number of ether oxygens (including phenoxy) is 2. The molecule has 1 aromatic heterocycles. The predicted octanol–water partition coefficient (Wildman–Crippen LogP) is 13.8. The molecule has 0 aromatic carbocycles. The number of piperidine rings is 1. The van der Waals surface area contributed by atoms with E-state index in [2.05, 4.69) is 77.3 Å². The SMILES string of the molecule is CCCCC/C=C\C/C=C\CCCCCCCCC1(CCCCCCCC/C=C\C/C=C\CCCCC)O[C@H]2CCN(CCc3cnc[nH]3)C[C@H]2O1.[HH]. The fraction of sp³-hybridized carbons (Fsp3) is 0.766. The predicted molar refractivity (Wildman–Crippen MR) is 226 cm³/mol. The van der Waals surface area contributed by atoms with Gasteiger partial charge in [0, 0.05) is 52.2 Å². The minimum absolute atomic E-state index is 0. The third-order valence-corrected chi connectivity index (χ3v) is 11.1. The maximum Gasteiger partial charge on any atom is 0.169 e. The molecule has 52 heavy (non-hydrogen) atoms. The normalized spacial score (nSPS) is 19.3. The molecule has 0 radical (unpaired) electrons. The summed E-state index contributed by atoms with van der Waals surface area (Å²) in [6.07, 6.45) is 58.1. The fourth-order valence-electron chi connectivity index (χ4n) is 7.82. The van der Waals surface area contributed by atoms with Crippen molar-refractivity contribution in [1.82, 2.24) is 14.9 Å². The third kappa shape index (κ3) is 21.1. The monoisotopic (exact) mass is 722 g/mol. The van der Waals surface area contributed by atoms with Gasteiger partial charge in [-0.05, 0) is 83.5 Å². The zero-order valence-corrected chi connectivity index (χ0v) is 34.1. The van der Waals surface area contributed by atoms with Gasteiger partial charge >= 0.3 is 0 Å². The van der Waals surface area contributed by atoms with E-state index in [9.17, 15) is 0 Å². The van der Waals surface area contributed by atoms with Gasteiger partial charge < -0.3 is 19.4 Å². The Balaban J connectivity index is 0.00000972. The molecule has 0 bridgehead atoms. The van der Waals surface area contributed by atoms with Gasteiger partial charge in [-0.25, -0.2) is 4.98 Å². The molecular weight excluding hydrogens is 639 g/mol. The van der Waals surface area contributed by atoms with Crippen LogP contribution in [0.3, 0.4) is 0 Å². The smallest absolute Gasteiger partial charge is 0.169 e. The average Bonchev–Trinajstić information content (AvgIpc) is 3.81. The zero-order chi connectivity index (χ0) is 36.6. The molecule has 3 heterocycles. The van der Waals surface area contributed by atoms with Crippen molar-refractivity contribution in [1.29, 1.82) is 0 Å². The summed E-state index contributed by atoms with van der Waals surface area (Å²) in [7, 11) is 0. The van der Waals surface area contributed by atoms with E-state index in [4.69, 9.17) is 9.47 Å². The third-order valence-electron chi connectivity index (χ3n) is 11.1. The van der Waals surface area contributed by atoms with Crippen molar-refractivity contribution < 1.29 is 10.9 Å². The van der Waals surface area contributed by atoms with Crippen molar-refractivity contribution in [2.45, 2.75) is 212 Å². The second kappa shape index (κ2) is 30.4. The number of aromatic nitrogens is 2. The van der Waals surface area contributed by atoms with Gasteiger partial charge in [-0.15, -0.1) is 0 Å². The lowest BCUT2D eigenvalue weighted by Gasteiger charge is -2.32.